The number of fused-ring (bicyclic) bond motifs is 1. The predicted molar refractivity (Wildman–Crippen MR) is 105 cm³/mol. The van der Waals surface area contributed by atoms with Gasteiger partial charge in [-0.3, -0.25) is 4.79 Å². The third-order valence-corrected chi connectivity index (χ3v) is 4.66. The Hall–Kier alpha value is -2.10. The molecule has 2 aromatic carbocycles. The molecule has 0 saturated heterocycles. The first-order valence-corrected chi connectivity index (χ1v) is 8.88. The van der Waals surface area contributed by atoms with Crippen molar-refractivity contribution in [2.45, 2.75) is 6.42 Å². The number of benzene rings is 2. The normalized spacial score (nSPS) is 17.1. The van der Waals surface area contributed by atoms with Gasteiger partial charge in [0.15, 0.2) is 0 Å². The molecule has 3 rings (SSSR count). The molecule has 0 N–H and O–H groups in total. The second kappa shape index (κ2) is 7.85. The Morgan fingerprint density at radius 1 is 1.20 bits per heavy atom. The second-order valence-electron chi connectivity index (χ2n) is 6.79. The van der Waals surface area contributed by atoms with Gasteiger partial charge in [0.05, 0.1) is 0 Å². The highest BCUT2D eigenvalue weighted by molar-refractivity contribution is 6.30. The van der Waals surface area contributed by atoms with Gasteiger partial charge in [-0.1, -0.05) is 41.9 Å². The topological polar surface area (TPSA) is 23.6 Å². The van der Waals surface area contributed by atoms with Gasteiger partial charge in [0, 0.05) is 29.9 Å². The van der Waals surface area contributed by atoms with Crippen LogP contribution in [0, 0.1) is 5.92 Å². The van der Waals surface area contributed by atoms with Crippen molar-refractivity contribution in [2.24, 2.45) is 5.92 Å². The van der Waals surface area contributed by atoms with Crippen LogP contribution in [-0.2, 0) is 11.2 Å². The molecule has 0 saturated carbocycles. The van der Waals surface area contributed by atoms with Crippen molar-refractivity contribution in [1.29, 1.82) is 0 Å². The Balaban J connectivity index is 1.81. The number of hydrogen-bond donors (Lipinski definition) is 0. The number of hydrogen-bond acceptors (Lipinski definition) is 2. The van der Waals surface area contributed by atoms with Crippen LogP contribution in [0.2, 0.25) is 5.02 Å². The average molecular weight is 355 g/mol. The summed E-state index contributed by atoms with van der Waals surface area (Å²) in [5.74, 6) is 0.462. The molecule has 0 bridgehead atoms. The molecule has 1 atom stereocenters. The molecule has 0 spiro atoms. The van der Waals surface area contributed by atoms with Crippen LogP contribution in [0.3, 0.4) is 0 Å². The molecule has 3 nitrogen and oxygen atoms in total. The van der Waals surface area contributed by atoms with Gasteiger partial charge >= 0.3 is 0 Å². The number of carbonyl (C=O) groups is 1. The van der Waals surface area contributed by atoms with Crippen LogP contribution < -0.4 is 4.90 Å². The number of nitrogens with zero attached hydrogens (tertiary/aromatic N) is 2. The van der Waals surface area contributed by atoms with Crippen LogP contribution in [0.15, 0.2) is 54.6 Å². The van der Waals surface area contributed by atoms with Crippen molar-refractivity contribution in [3.8, 4) is 0 Å². The molecule has 1 aliphatic heterocycles. The predicted octanol–water partition coefficient (Wildman–Crippen LogP) is 4.12. The minimum atomic E-state index is 0.0193. The lowest BCUT2D eigenvalue weighted by atomic mass is 9.92. The van der Waals surface area contributed by atoms with Gasteiger partial charge in [0.25, 0.3) is 5.91 Å². The molecule has 0 fully saturated rings. The smallest absolute Gasteiger partial charge is 0.251 e. The number of amides is 1. The molecule has 1 aliphatic rings. The van der Waals surface area contributed by atoms with E-state index < -0.39 is 0 Å². The van der Waals surface area contributed by atoms with Gasteiger partial charge in [0.2, 0.25) is 0 Å². The largest absolute Gasteiger partial charge is 0.309 e. The van der Waals surface area contributed by atoms with E-state index in [4.69, 9.17) is 11.6 Å². The minimum Gasteiger partial charge on any atom is -0.309 e. The maximum absolute atomic E-state index is 12.8. The number of halogens is 1. The summed E-state index contributed by atoms with van der Waals surface area (Å²) in [4.78, 5) is 16.9. The first kappa shape index (κ1) is 17.7. The molecule has 1 unspecified atom stereocenters. The van der Waals surface area contributed by atoms with Gasteiger partial charge in [-0.15, -0.1) is 0 Å². The van der Waals surface area contributed by atoms with Crippen LogP contribution in [-0.4, -0.2) is 38.0 Å². The lowest BCUT2D eigenvalue weighted by Gasteiger charge is -2.35. The van der Waals surface area contributed by atoms with Crippen molar-refractivity contribution in [2.75, 3.05) is 32.1 Å². The zero-order chi connectivity index (χ0) is 17.8. The number of carbonyl (C=O) groups excluding carboxylic acids is 1. The molecular weight excluding hydrogens is 332 g/mol. The van der Waals surface area contributed by atoms with Gasteiger partial charge in [-0.25, -0.2) is 0 Å². The fourth-order valence-electron chi connectivity index (χ4n) is 3.36. The van der Waals surface area contributed by atoms with Crippen LogP contribution >= 0.6 is 11.6 Å². The third kappa shape index (κ3) is 4.50. The zero-order valence-corrected chi connectivity index (χ0v) is 15.4. The molecule has 0 aromatic heterocycles. The van der Waals surface area contributed by atoms with Crippen molar-refractivity contribution >= 4 is 29.3 Å². The Kier molecular flexibility index (Phi) is 5.57. The summed E-state index contributed by atoms with van der Waals surface area (Å²) in [6, 6.07) is 15.7. The monoisotopic (exact) mass is 354 g/mol. The maximum atomic E-state index is 12.8. The molecule has 4 heteroatoms. The van der Waals surface area contributed by atoms with E-state index in [2.05, 4.69) is 25.1 Å². The Morgan fingerprint density at radius 2 is 1.92 bits per heavy atom. The van der Waals surface area contributed by atoms with E-state index >= 15 is 0 Å². The van der Waals surface area contributed by atoms with Crippen molar-refractivity contribution in [3.05, 3.63) is 70.8 Å². The summed E-state index contributed by atoms with van der Waals surface area (Å²) >= 11 is 5.91. The van der Waals surface area contributed by atoms with Crippen molar-refractivity contribution in [3.63, 3.8) is 0 Å². The first-order chi connectivity index (χ1) is 12.0. The van der Waals surface area contributed by atoms with E-state index in [0.29, 0.717) is 10.9 Å². The third-order valence-electron chi connectivity index (χ3n) is 4.41. The summed E-state index contributed by atoms with van der Waals surface area (Å²) in [5, 5.41) is 0.694. The van der Waals surface area contributed by atoms with E-state index in [9.17, 15) is 4.79 Å². The fraction of sp³-hybridized carbons (Fsp3) is 0.286. The maximum Gasteiger partial charge on any atom is 0.251 e. The highest BCUT2D eigenvalue weighted by Gasteiger charge is 2.27. The van der Waals surface area contributed by atoms with Crippen LogP contribution in [0.5, 0.6) is 0 Å². The lowest BCUT2D eigenvalue weighted by Crippen LogP contribution is -2.42. The number of anilines is 1. The molecule has 130 valence electrons. The van der Waals surface area contributed by atoms with E-state index in [1.807, 2.05) is 53.4 Å². The highest BCUT2D eigenvalue weighted by atomic mass is 35.5. The molecule has 25 heavy (non-hydrogen) atoms. The molecular formula is C21H23ClN2O. The van der Waals surface area contributed by atoms with E-state index in [-0.39, 0.29) is 5.91 Å². The minimum absolute atomic E-state index is 0.0193. The number of para-hydroxylation sites is 1. The van der Waals surface area contributed by atoms with Gasteiger partial charge in [-0.05, 0) is 61.8 Å². The van der Waals surface area contributed by atoms with Crippen LogP contribution in [0.1, 0.15) is 11.1 Å². The van der Waals surface area contributed by atoms with Gasteiger partial charge in [0.1, 0.15) is 0 Å². The van der Waals surface area contributed by atoms with Gasteiger partial charge < -0.3 is 9.80 Å². The van der Waals surface area contributed by atoms with Crippen LogP contribution in [0.25, 0.3) is 6.08 Å². The van der Waals surface area contributed by atoms with E-state index in [1.165, 1.54) is 5.56 Å². The molecule has 1 heterocycles. The fourth-order valence-corrected chi connectivity index (χ4v) is 3.48. The first-order valence-electron chi connectivity index (χ1n) is 8.50. The molecule has 0 aliphatic carbocycles. The van der Waals surface area contributed by atoms with Gasteiger partial charge in [-0.2, -0.15) is 0 Å². The van der Waals surface area contributed by atoms with Crippen molar-refractivity contribution < 1.29 is 4.79 Å². The summed E-state index contributed by atoms with van der Waals surface area (Å²) in [6.07, 6.45) is 4.51. The van der Waals surface area contributed by atoms with E-state index in [0.717, 1.165) is 30.8 Å². The standard InChI is InChI=1S/C21H23ClN2O/c1-23(2)14-17-13-18-5-3-4-6-20(18)24(15-17)21(25)12-9-16-7-10-19(22)11-8-16/h3-12,17H,13-15H2,1-2H3. The summed E-state index contributed by atoms with van der Waals surface area (Å²) in [7, 11) is 4.15. The quantitative estimate of drug-likeness (QED) is 0.771. The summed E-state index contributed by atoms with van der Waals surface area (Å²) < 4.78 is 0. The van der Waals surface area contributed by atoms with Crippen molar-refractivity contribution in [1.82, 2.24) is 4.90 Å². The highest BCUT2D eigenvalue weighted by Crippen LogP contribution is 2.30. The lowest BCUT2D eigenvalue weighted by molar-refractivity contribution is -0.114. The second-order valence-corrected chi connectivity index (χ2v) is 7.23. The zero-order valence-electron chi connectivity index (χ0n) is 14.7. The molecule has 1 amide bonds. The van der Waals surface area contributed by atoms with E-state index in [1.54, 1.807) is 6.08 Å². The molecule has 0 radical (unpaired) electrons. The SMILES string of the molecule is CN(C)CC1Cc2ccccc2N(C(=O)C=Cc2ccc(Cl)cc2)C1. The summed E-state index contributed by atoms with van der Waals surface area (Å²) in [6.45, 7) is 1.72. The Labute approximate surface area is 154 Å². The number of rotatable bonds is 4. The molecule has 2 aromatic rings. The Morgan fingerprint density at radius 3 is 2.64 bits per heavy atom. The average Bonchev–Trinajstić information content (AvgIpc) is 2.59. The summed E-state index contributed by atoms with van der Waals surface area (Å²) in [5.41, 5.74) is 3.24. The van der Waals surface area contributed by atoms with Crippen LogP contribution in [0.4, 0.5) is 5.69 Å². The Bertz CT molecular complexity index is 768.